The molecule has 1 aromatic heterocycles. The first kappa shape index (κ1) is 15.2. The van der Waals surface area contributed by atoms with Crippen molar-refractivity contribution in [2.75, 3.05) is 0 Å². The van der Waals surface area contributed by atoms with Crippen LogP contribution in [-0.4, -0.2) is 21.6 Å². The summed E-state index contributed by atoms with van der Waals surface area (Å²) in [4.78, 5) is 23.8. The molecule has 7 heteroatoms. The summed E-state index contributed by atoms with van der Waals surface area (Å²) < 4.78 is 14.6. The third-order valence-corrected chi connectivity index (χ3v) is 3.77. The Morgan fingerprint density at radius 1 is 1.26 bits per heavy atom. The van der Waals surface area contributed by atoms with Crippen LogP contribution in [0.25, 0.3) is 5.69 Å². The fraction of sp³-hybridized carbons (Fsp3) is 0.312. The third-order valence-electron chi connectivity index (χ3n) is 3.77. The molecule has 0 radical (unpaired) electrons. The van der Waals surface area contributed by atoms with Crippen LogP contribution in [0.5, 0.6) is 0 Å². The minimum absolute atomic E-state index is 0.0166. The Balaban J connectivity index is 1.78. The molecule has 120 valence electrons. The number of rotatable bonds is 4. The Morgan fingerprint density at radius 3 is 2.57 bits per heavy atom. The average Bonchev–Trinajstić information content (AvgIpc) is 3.32. The number of hydrazine groups is 1. The van der Waals surface area contributed by atoms with Gasteiger partial charge in [-0.15, -0.1) is 0 Å². The zero-order valence-corrected chi connectivity index (χ0v) is 12.7. The van der Waals surface area contributed by atoms with Crippen LogP contribution in [0.3, 0.4) is 0 Å². The molecule has 1 fully saturated rings. The quantitative estimate of drug-likeness (QED) is 0.844. The summed E-state index contributed by atoms with van der Waals surface area (Å²) in [5.41, 5.74) is 6.59. The smallest absolute Gasteiger partial charge is 0.273 e. The lowest BCUT2D eigenvalue weighted by Crippen LogP contribution is -2.42. The maximum atomic E-state index is 13.0. The van der Waals surface area contributed by atoms with Crippen LogP contribution in [0.15, 0.2) is 30.5 Å². The minimum Gasteiger partial charge on any atom is -0.273 e. The highest BCUT2D eigenvalue weighted by molar-refractivity contribution is 5.96. The summed E-state index contributed by atoms with van der Waals surface area (Å²) in [5, 5.41) is 4.20. The number of hydrogen-bond acceptors (Lipinski definition) is 3. The number of amides is 2. The molecule has 1 aliphatic rings. The van der Waals surface area contributed by atoms with Crippen molar-refractivity contribution in [1.82, 2.24) is 20.6 Å². The molecule has 1 saturated carbocycles. The molecule has 2 aromatic rings. The van der Waals surface area contributed by atoms with E-state index in [0.717, 1.165) is 12.8 Å². The first-order valence-electron chi connectivity index (χ1n) is 7.53. The molecule has 3 rings (SSSR count). The van der Waals surface area contributed by atoms with Gasteiger partial charge in [0.15, 0.2) is 0 Å². The monoisotopic (exact) mass is 316 g/mol. The lowest BCUT2D eigenvalue weighted by Gasteiger charge is -2.09. The molecule has 0 spiro atoms. The SMILES string of the molecule is CCc1c(C(=O)NNC(=O)C2CC2)cnn1-c1ccc(F)cc1. The first-order chi connectivity index (χ1) is 11.1. The molecule has 6 nitrogen and oxygen atoms in total. The van der Waals surface area contributed by atoms with E-state index in [-0.39, 0.29) is 17.6 Å². The second-order valence-corrected chi connectivity index (χ2v) is 5.46. The molecule has 0 unspecified atom stereocenters. The third kappa shape index (κ3) is 3.23. The summed E-state index contributed by atoms with van der Waals surface area (Å²) in [7, 11) is 0. The Kier molecular flexibility index (Phi) is 4.10. The van der Waals surface area contributed by atoms with Gasteiger partial charge in [-0.25, -0.2) is 9.07 Å². The number of benzene rings is 1. The van der Waals surface area contributed by atoms with Gasteiger partial charge in [-0.2, -0.15) is 5.10 Å². The van der Waals surface area contributed by atoms with E-state index in [1.54, 1.807) is 16.8 Å². The van der Waals surface area contributed by atoms with Gasteiger partial charge >= 0.3 is 0 Å². The molecule has 0 atom stereocenters. The van der Waals surface area contributed by atoms with Gasteiger partial charge in [0.05, 0.1) is 23.1 Å². The van der Waals surface area contributed by atoms with Gasteiger partial charge < -0.3 is 0 Å². The number of nitrogens with one attached hydrogen (secondary N) is 2. The Labute approximate surface area is 132 Å². The standard InChI is InChI=1S/C16H17FN4O2/c1-2-14-13(16(23)20-19-15(22)10-3-4-10)9-18-21(14)12-7-5-11(17)6-8-12/h5-10H,2-4H2,1H3,(H,19,22)(H,20,23). The molecule has 1 aliphatic carbocycles. The molecule has 0 aliphatic heterocycles. The van der Waals surface area contributed by atoms with Crippen molar-refractivity contribution in [3.63, 3.8) is 0 Å². The lowest BCUT2D eigenvalue weighted by molar-refractivity contribution is -0.123. The van der Waals surface area contributed by atoms with Crippen molar-refractivity contribution < 1.29 is 14.0 Å². The normalized spacial score (nSPS) is 13.7. The van der Waals surface area contributed by atoms with Crippen LogP contribution >= 0.6 is 0 Å². The van der Waals surface area contributed by atoms with Crippen molar-refractivity contribution in [2.45, 2.75) is 26.2 Å². The molecular formula is C16H17FN4O2. The van der Waals surface area contributed by atoms with E-state index >= 15 is 0 Å². The number of carbonyl (C=O) groups is 2. The van der Waals surface area contributed by atoms with Gasteiger partial charge in [-0.3, -0.25) is 20.4 Å². The average molecular weight is 316 g/mol. The number of hydrogen-bond donors (Lipinski definition) is 2. The van der Waals surface area contributed by atoms with Crippen molar-refractivity contribution in [2.24, 2.45) is 5.92 Å². The lowest BCUT2D eigenvalue weighted by atomic mass is 10.2. The molecule has 1 heterocycles. The van der Waals surface area contributed by atoms with Gasteiger partial charge in [0, 0.05) is 5.92 Å². The molecule has 0 saturated heterocycles. The summed E-state index contributed by atoms with van der Waals surface area (Å²) >= 11 is 0. The molecule has 1 aromatic carbocycles. The zero-order valence-electron chi connectivity index (χ0n) is 12.7. The largest absolute Gasteiger partial charge is 0.273 e. The Hall–Kier alpha value is -2.70. The number of carbonyl (C=O) groups excluding carboxylic acids is 2. The summed E-state index contributed by atoms with van der Waals surface area (Å²) in [6, 6.07) is 5.87. The van der Waals surface area contributed by atoms with Gasteiger partial charge in [0.25, 0.3) is 5.91 Å². The highest BCUT2D eigenvalue weighted by atomic mass is 19.1. The van der Waals surface area contributed by atoms with Crippen LogP contribution in [0.2, 0.25) is 0 Å². The van der Waals surface area contributed by atoms with Gasteiger partial charge in [-0.1, -0.05) is 6.92 Å². The molecule has 0 bridgehead atoms. The number of nitrogens with zero attached hydrogens (tertiary/aromatic N) is 2. The molecular weight excluding hydrogens is 299 g/mol. The first-order valence-corrected chi connectivity index (χ1v) is 7.53. The maximum Gasteiger partial charge on any atom is 0.273 e. The minimum atomic E-state index is -0.413. The fourth-order valence-electron chi connectivity index (χ4n) is 2.34. The van der Waals surface area contributed by atoms with E-state index in [2.05, 4.69) is 16.0 Å². The molecule has 2 N–H and O–H groups in total. The predicted octanol–water partition coefficient (Wildman–Crippen LogP) is 1.74. The van der Waals surface area contributed by atoms with Crippen LogP contribution in [-0.2, 0) is 11.2 Å². The van der Waals surface area contributed by atoms with Crippen molar-refractivity contribution >= 4 is 11.8 Å². The Bertz CT molecular complexity index is 735. The van der Waals surface area contributed by atoms with Gasteiger partial charge in [-0.05, 0) is 43.5 Å². The van der Waals surface area contributed by atoms with Gasteiger partial charge in [0.2, 0.25) is 5.91 Å². The zero-order chi connectivity index (χ0) is 16.4. The highest BCUT2D eigenvalue weighted by Crippen LogP contribution is 2.28. The van der Waals surface area contributed by atoms with Crippen LogP contribution < -0.4 is 10.9 Å². The summed E-state index contributed by atoms with van der Waals surface area (Å²) in [6.45, 7) is 1.90. The van der Waals surface area contributed by atoms with Crippen molar-refractivity contribution in [3.05, 3.63) is 47.5 Å². The summed E-state index contributed by atoms with van der Waals surface area (Å²) in [5.74, 6) is -0.894. The second-order valence-electron chi connectivity index (χ2n) is 5.46. The van der Waals surface area contributed by atoms with E-state index < -0.39 is 5.91 Å². The van der Waals surface area contributed by atoms with Gasteiger partial charge in [0.1, 0.15) is 5.82 Å². The van der Waals surface area contributed by atoms with E-state index in [1.807, 2.05) is 6.92 Å². The highest BCUT2D eigenvalue weighted by Gasteiger charge is 2.30. The number of aromatic nitrogens is 2. The maximum absolute atomic E-state index is 13.0. The van der Waals surface area contributed by atoms with Crippen LogP contribution in [0.4, 0.5) is 4.39 Å². The predicted molar refractivity (Wildman–Crippen MR) is 81.2 cm³/mol. The van der Waals surface area contributed by atoms with Crippen molar-refractivity contribution in [1.29, 1.82) is 0 Å². The summed E-state index contributed by atoms with van der Waals surface area (Å²) in [6.07, 6.45) is 3.74. The van der Waals surface area contributed by atoms with E-state index in [9.17, 15) is 14.0 Å². The molecule has 2 amide bonds. The van der Waals surface area contributed by atoms with E-state index in [0.29, 0.717) is 23.4 Å². The van der Waals surface area contributed by atoms with E-state index in [4.69, 9.17) is 0 Å². The number of halogens is 1. The Morgan fingerprint density at radius 2 is 1.96 bits per heavy atom. The topological polar surface area (TPSA) is 76.0 Å². The molecule has 23 heavy (non-hydrogen) atoms. The second kappa shape index (κ2) is 6.20. The van der Waals surface area contributed by atoms with Crippen molar-refractivity contribution in [3.8, 4) is 5.69 Å². The fourth-order valence-corrected chi connectivity index (χ4v) is 2.34. The van der Waals surface area contributed by atoms with Crippen LogP contribution in [0.1, 0.15) is 35.8 Å². The van der Waals surface area contributed by atoms with Crippen LogP contribution in [0, 0.1) is 11.7 Å². The van der Waals surface area contributed by atoms with E-state index in [1.165, 1.54) is 18.3 Å².